The Morgan fingerprint density at radius 1 is 0.907 bits per heavy atom. The zero-order valence-electron chi connectivity index (χ0n) is 23.9. The number of carbonyl (C=O) groups is 1. The van der Waals surface area contributed by atoms with Gasteiger partial charge in [0.2, 0.25) is 0 Å². The van der Waals surface area contributed by atoms with Crippen molar-refractivity contribution in [3.8, 4) is 28.7 Å². The third kappa shape index (κ3) is 11.7. The fourth-order valence-corrected chi connectivity index (χ4v) is 4.15. The summed E-state index contributed by atoms with van der Waals surface area (Å²) in [7, 11) is 0. The van der Waals surface area contributed by atoms with E-state index in [0.29, 0.717) is 24.2 Å². The Labute approximate surface area is 276 Å². The standard InChI is InChI=1S/C10H10O3.C10H8O3.C10H14O3.2CH4.Al.Li.4H/c2*1-6-4-10(12)13-9-5-7(11)2-3-8(6)9;1-7(4-5-11)9-3-2-8(12)6-10(9)13;;;;;;;;/h2-3,5-6,11H,4H2,1H3;2-5,11H,1H3;2-3,6-7,11-13H,4-5H2,1H3;2*1H4;;;;;;/q;;;;;;+1;;;;-1. The minimum Gasteiger partial charge on any atom is -1.00 e. The van der Waals surface area contributed by atoms with E-state index in [1.807, 2.05) is 20.8 Å². The minimum atomic E-state index is -0.393. The molecule has 3 aromatic carbocycles. The summed E-state index contributed by atoms with van der Waals surface area (Å²) in [6, 6.07) is 15.5. The Bertz CT molecular complexity index is 1530. The number of esters is 1. The maximum Gasteiger partial charge on any atom is 1.00 e. The van der Waals surface area contributed by atoms with E-state index in [4.69, 9.17) is 29.6 Å². The van der Waals surface area contributed by atoms with Crippen molar-refractivity contribution >= 4 is 34.3 Å². The average molecular weight is 607 g/mol. The topological polar surface area (TPSA) is 158 Å². The van der Waals surface area contributed by atoms with Gasteiger partial charge in [-0.15, -0.1) is 0 Å². The molecule has 9 nitrogen and oxygen atoms in total. The first-order valence-corrected chi connectivity index (χ1v) is 12.4. The number of hydrogen-bond acceptors (Lipinski definition) is 9. The Morgan fingerprint density at radius 2 is 1.49 bits per heavy atom. The summed E-state index contributed by atoms with van der Waals surface area (Å²) >= 11 is 0. The van der Waals surface area contributed by atoms with Gasteiger partial charge in [-0.25, -0.2) is 4.79 Å². The van der Waals surface area contributed by atoms with Crippen molar-refractivity contribution in [1.82, 2.24) is 0 Å². The zero-order valence-corrected chi connectivity index (χ0v) is 22.9. The molecule has 230 valence electrons. The van der Waals surface area contributed by atoms with Crippen molar-refractivity contribution in [3.05, 3.63) is 87.8 Å². The molecule has 1 aliphatic heterocycles. The Kier molecular flexibility index (Phi) is 18.5. The molecule has 0 amide bonds. The molecule has 0 saturated carbocycles. The summed E-state index contributed by atoms with van der Waals surface area (Å²) in [5, 5.41) is 46.4. The van der Waals surface area contributed by atoms with Crippen LogP contribution in [-0.4, -0.2) is 55.5 Å². The maximum atomic E-state index is 11.0. The number of aliphatic hydroxyl groups is 1. The van der Waals surface area contributed by atoms with Crippen LogP contribution in [0.25, 0.3) is 11.0 Å². The van der Waals surface area contributed by atoms with Gasteiger partial charge >= 0.3 is 30.5 Å². The van der Waals surface area contributed by atoms with Crippen LogP contribution in [0.2, 0.25) is 0 Å². The fourth-order valence-electron chi connectivity index (χ4n) is 4.15. The third-order valence-electron chi connectivity index (χ3n) is 6.27. The van der Waals surface area contributed by atoms with Gasteiger partial charge in [-0.1, -0.05) is 40.8 Å². The van der Waals surface area contributed by atoms with Crippen LogP contribution in [0, 0.1) is 6.92 Å². The Hall–Kier alpha value is -3.37. The largest absolute Gasteiger partial charge is 1.00 e. The van der Waals surface area contributed by atoms with E-state index in [-0.39, 0.29) is 99.9 Å². The first-order chi connectivity index (χ1) is 18.5. The molecule has 0 spiro atoms. The van der Waals surface area contributed by atoms with Gasteiger partial charge < -0.3 is 36.1 Å². The summed E-state index contributed by atoms with van der Waals surface area (Å²) in [5.41, 5.74) is 2.62. The first kappa shape index (κ1) is 41.8. The molecule has 2 unspecified atom stereocenters. The summed E-state index contributed by atoms with van der Waals surface area (Å²) in [4.78, 5) is 22.0. The summed E-state index contributed by atoms with van der Waals surface area (Å²) in [6.45, 7) is 5.82. The van der Waals surface area contributed by atoms with Crippen LogP contribution < -0.4 is 29.2 Å². The van der Waals surface area contributed by atoms with Gasteiger partial charge in [0.1, 0.15) is 34.3 Å². The monoisotopic (exact) mass is 606 g/mol. The molecule has 43 heavy (non-hydrogen) atoms. The van der Waals surface area contributed by atoms with Gasteiger partial charge in [0.15, 0.2) is 17.4 Å². The van der Waals surface area contributed by atoms with Gasteiger partial charge in [0, 0.05) is 36.3 Å². The number of phenolic OH excluding ortho intramolecular Hbond substituents is 4. The maximum absolute atomic E-state index is 11.0. The second-order valence-electron chi connectivity index (χ2n) is 9.39. The Morgan fingerprint density at radius 3 is 2.12 bits per heavy atom. The molecular weight excluding hydrogens is 562 g/mol. The van der Waals surface area contributed by atoms with Crippen molar-refractivity contribution < 1.29 is 59.8 Å². The summed E-state index contributed by atoms with van der Waals surface area (Å²) in [6.07, 6.45) is 1.02. The van der Waals surface area contributed by atoms with Gasteiger partial charge in [0.25, 0.3) is 0 Å². The summed E-state index contributed by atoms with van der Waals surface area (Å²) < 4.78 is 9.89. The zero-order chi connectivity index (χ0) is 28.7. The number of ether oxygens (including phenoxy) is 1. The van der Waals surface area contributed by atoms with Crippen LogP contribution in [0.3, 0.4) is 0 Å². The van der Waals surface area contributed by atoms with Crippen LogP contribution in [0.5, 0.6) is 28.7 Å². The van der Waals surface area contributed by atoms with Crippen LogP contribution >= 0.6 is 0 Å². The SMILES string of the molecule is C.C.CC(CCO)c1ccc(O)cc1O.CC1CC(=O)Oc2cc(O)ccc21.Cc1cc(=O)oc2cc(O)ccc12.[AlH3].[H-].[Li+]. The average Bonchev–Trinajstić information content (AvgIpc) is 2.84. The number of aliphatic hydroxyl groups excluding tert-OH is 1. The number of benzene rings is 3. The molecule has 0 radical (unpaired) electrons. The number of carbonyl (C=O) groups excluding carboxylic acids is 1. The second kappa shape index (κ2) is 19.0. The molecule has 0 aliphatic carbocycles. The van der Waals surface area contributed by atoms with E-state index in [1.54, 1.807) is 30.3 Å². The number of aryl methyl sites for hydroxylation is 1. The van der Waals surface area contributed by atoms with Crippen LogP contribution in [-0.2, 0) is 4.79 Å². The predicted molar refractivity (Wildman–Crippen MR) is 170 cm³/mol. The van der Waals surface area contributed by atoms with E-state index < -0.39 is 5.63 Å². The molecule has 5 N–H and O–H groups in total. The Balaban J connectivity index is -0.000000542. The van der Waals surface area contributed by atoms with Gasteiger partial charge in [0.05, 0.1) is 6.42 Å². The molecule has 1 aliphatic rings. The van der Waals surface area contributed by atoms with E-state index >= 15 is 0 Å². The van der Waals surface area contributed by atoms with Crippen molar-refractivity contribution in [2.24, 2.45) is 0 Å². The van der Waals surface area contributed by atoms with E-state index in [1.165, 1.54) is 30.3 Å². The van der Waals surface area contributed by atoms with Crippen molar-refractivity contribution in [2.75, 3.05) is 6.61 Å². The van der Waals surface area contributed by atoms with Crippen LogP contribution in [0.4, 0.5) is 0 Å². The minimum absolute atomic E-state index is 0. The van der Waals surface area contributed by atoms with Crippen molar-refractivity contribution in [3.63, 3.8) is 0 Å². The molecule has 0 saturated heterocycles. The summed E-state index contributed by atoms with van der Waals surface area (Å²) in [5.74, 6) is 0.900. The van der Waals surface area contributed by atoms with Crippen LogP contribution in [0.1, 0.15) is 71.5 Å². The van der Waals surface area contributed by atoms with Gasteiger partial charge in [-0.2, -0.15) is 0 Å². The van der Waals surface area contributed by atoms with E-state index in [2.05, 4.69) is 0 Å². The number of phenols is 4. The van der Waals surface area contributed by atoms with Crippen molar-refractivity contribution in [1.29, 1.82) is 0 Å². The van der Waals surface area contributed by atoms with Crippen LogP contribution in [0.15, 0.2) is 69.9 Å². The molecule has 0 bridgehead atoms. The smallest absolute Gasteiger partial charge is 1.00 e. The molecule has 2 heterocycles. The number of hydrogen-bond donors (Lipinski definition) is 5. The number of aromatic hydroxyl groups is 4. The normalized spacial score (nSPS) is 13.3. The van der Waals surface area contributed by atoms with E-state index in [0.717, 1.165) is 22.1 Å². The molecule has 4 aromatic rings. The first-order valence-electron chi connectivity index (χ1n) is 12.4. The number of fused-ring (bicyclic) bond motifs is 2. The van der Waals surface area contributed by atoms with Gasteiger partial charge in [-0.3, -0.25) is 4.79 Å². The molecule has 2 atom stereocenters. The molecule has 11 heteroatoms. The van der Waals surface area contributed by atoms with Crippen molar-refractivity contribution in [2.45, 2.75) is 60.3 Å². The predicted octanol–water partition coefficient (Wildman–Crippen LogP) is 2.40. The second-order valence-corrected chi connectivity index (χ2v) is 9.39. The molecular formula is C32H44AlLiO9. The molecule has 0 fully saturated rings. The van der Waals surface area contributed by atoms with E-state index in [9.17, 15) is 14.7 Å². The van der Waals surface area contributed by atoms with Gasteiger partial charge in [-0.05, 0) is 66.1 Å². The fraction of sp³-hybridized carbons (Fsp3) is 0.312. The number of rotatable bonds is 3. The molecule has 5 rings (SSSR count). The third-order valence-corrected chi connectivity index (χ3v) is 6.27. The quantitative estimate of drug-likeness (QED) is 0.102. The molecule has 1 aromatic heterocycles.